The summed E-state index contributed by atoms with van der Waals surface area (Å²) in [6.45, 7) is 3.11. The molecule has 0 radical (unpaired) electrons. The third-order valence-electron chi connectivity index (χ3n) is 4.77. The third-order valence-corrected chi connectivity index (χ3v) is 4.77. The molecule has 26 heavy (non-hydrogen) atoms. The maximum absolute atomic E-state index is 12.5. The number of aromatic amines is 1. The Hall–Kier alpha value is -2.47. The van der Waals surface area contributed by atoms with E-state index >= 15 is 0 Å². The van der Waals surface area contributed by atoms with E-state index in [0.29, 0.717) is 31.3 Å². The van der Waals surface area contributed by atoms with Crippen molar-refractivity contribution in [1.29, 1.82) is 0 Å². The fourth-order valence-corrected chi connectivity index (χ4v) is 3.28. The summed E-state index contributed by atoms with van der Waals surface area (Å²) in [6.07, 6.45) is 3.23. The van der Waals surface area contributed by atoms with Gasteiger partial charge in [-0.15, -0.1) is 0 Å². The number of amides is 1. The Bertz CT molecular complexity index is 802. The van der Waals surface area contributed by atoms with Crippen LogP contribution in [0.1, 0.15) is 31.0 Å². The molecule has 1 aliphatic carbocycles. The number of H-pyrrole nitrogens is 1. The highest BCUT2D eigenvalue weighted by atomic mass is 16.5. The SMILES string of the molecule is CCOCC(=O)NCC1CCc2nc(-c3ccccc3)[nH]c(=O)c2CC1. The van der Waals surface area contributed by atoms with Gasteiger partial charge < -0.3 is 15.0 Å². The van der Waals surface area contributed by atoms with Gasteiger partial charge in [-0.1, -0.05) is 30.3 Å². The summed E-state index contributed by atoms with van der Waals surface area (Å²) in [7, 11) is 0. The molecule has 1 aromatic heterocycles. The molecule has 0 saturated heterocycles. The van der Waals surface area contributed by atoms with Gasteiger partial charge in [0.15, 0.2) is 0 Å². The molecule has 6 nitrogen and oxygen atoms in total. The highest BCUT2D eigenvalue weighted by Crippen LogP contribution is 2.23. The average molecular weight is 355 g/mol. The van der Waals surface area contributed by atoms with E-state index in [1.165, 1.54) is 0 Å². The van der Waals surface area contributed by atoms with Gasteiger partial charge in [-0.2, -0.15) is 0 Å². The number of nitrogens with one attached hydrogen (secondary N) is 2. The first kappa shape index (κ1) is 18.3. The molecule has 138 valence electrons. The first-order valence-electron chi connectivity index (χ1n) is 9.19. The summed E-state index contributed by atoms with van der Waals surface area (Å²) in [5, 5.41) is 2.92. The maximum Gasteiger partial charge on any atom is 0.254 e. The van der Waals surface area contributed by atoms with Gasteiger partial charge in [-0.3, -0.25) is 9.59 Å². The number of aryl methyl sites for hydroxylation is 1. The second kappa shape index (κ2) is 8.76. The second-order valence-corrected chi connectivity index (χ2v) is 6.59. The smallest absolute Gasteiger partial charge is 0.254 e. The van der Waals surface area contributed by atoms with Crippen molar-refractivity contribution in [1.82, 2.24) is 15.3 Å². The summed E-state index contributed by atoms with van der Waals surface area (Å²) in [5.41, 5.74) is 2.54. The monoisotopic (exact) mass is 355 g/mol. The number of nitrogens with zero attached hydrogens (tertiary/aromatic N) is 1. The Balaban J connectivity index is 1.67. The van der Waals surface area contributed by atoms with Crippen LogP contribution in [0.15, 0.2) is 35.1 Å². The van der Waals surface area contributed by atoms with Crippen molar-refractivity contribution >= 4 is 5.91 Å². The number of hydrogen-bond donors (Lipinski definition) is 2. The van der Waals surface area contributed by atoms with Crippen LogP contribution in [-0.2, 0) is 22.4 Å². The van der Waals surface area contributed by atoms with E-state index in [9.17, 15) is 9.59 Å². The predicted molar refractivity (Wildman–Crippen MR) is 99.9 cm³/mol. The van der Waals surface area contributed by atoms with Crippen LogP contribution in [-0.4, -0.2) is 35.6 Å². The van der Waals surface area contributed by atoms with Gasteiger partial charge in [-0.05, 0) is 38.5 Å². The molecular formula is C20H25N3O3. The number of fused-ring (bicyclic) bond motifs is 1. The van der Waals surface area contributed by atoms with Gasteiger partial charge in [-0.25, -0.2) is 4.98 Å². The zero-order valence-corrected chi connectivity index (χ0v) is 15.1. The maximum atomic E-state index is 12.5. The Morgan fingerprint density at radius 3 is 2.81 bits per heavy atom. The van der Waals surface area contributed by atoms with Gasteiger partial charge in [0.1, 0.15) is 12.4 Å². The van der Waals surface area contributed by atoms with Crippen molar-refractivity contribution in [3.8, 4) is 11.4 Å². The minimum atomic E-state index is -0.0871. The summed E-state index contributed by atoms with van der Waals surface area (Å²) in [5.74, 6) is 0.878. The zero-order valence-electron chi connectivity index (χ0n) is 15.1. The summed E-state index contributed by atoms with van der Waals surface area (Å²) < 4.78 is 5.11. The van der Waals surface area contributed by atoms with Crippen molar-refractivity contribution in [2.75, 3.05) is 19.8 Å². The number of carbonyl (C=O) groups excluding carboxylic acids is 1. The molecule has 2 N–H and O–H groups in total. The van der Waals surface area contributed by atoms with Crippen LogP contribution in [0.4, 0.5) is 0 Å². The third kappa shape index (κ3) is 4.58. The lowest BCUT2D eigenvalue weighted by atomic mass is 10.00. The minimum absolute atomic E-state index is 0.0464. The molecule has 0 fully saturated rings. The number of rotatable bonds is 6. The lowest BCUT2D eigenvalue weighted by Gasteiger charge is -2.14. The van der Waals surface area contributed by atoms with E-state index in [1.807, 2.05) is 37.3 Å². The quantitative estimate of drug-likeness (QED) is 0.777. The molecule has 1 aliphatic rings. The fourth-order valence-electron chi connectivity index (χ4n) is 3.28. The lowest BCUT2D eigenvalue weighted by molar-refractivity contribution is -0.125. The second-order valence-electron chi connectivity index (χ2n) is 6.59. The molecule has 1 unspecified atom stereocenters. The van der Waals surface area contributed by atoms with Crippen LogP contribution in [0, 0.1) is 5.92 Å². The van der Waals surface area contributed by atoms with Crippen LogP contribution in [0.3, 0.4) is 0 Å². The van der Waals surface area contributed by atoms with E-state index in [4.69, 9.17) is 9.72 Å². The standard InChI is InChI=1S/C20H25N3O3/c1-2-26-13-18(24)21-12-14-8-10-16-17(11-9-14)22-19(23-20(16)25)15-6-4-3-5-7-15/h3-7,14H,2,8-13H2,1H3,(H,21,24)(H,22,23,25). The topological polar surface area (TPSA) is 84.1 Å². The fraction of sp³-hybridized carbons (Fsp3) is 0.450. The Labute approximate surface area is 153 Å². The molecule has 0 saturated carbocycles. The van der Waals surface area contributed by atoms with Crippen LogP contribution in [0.2, 0.25) is 0 Å². The first-order chi connectivity index (χ1) is 12.7. The summed E-state index contributed by atoms with van der Waals surface area (Å²) in [4.78, 5) is 31.8. The summed E-state index contributed by atoms with van der Waals surface area (Å²) in [6, 6.07) is 9.69. The highest BCUT2D eigenvalue weighted by molar-refractivity contribution is 5.77. The lowest BCUT2D eigenvalue weighted by Crippen LogP contribution is -2.32. The number of benzene rings is 1. The summed E-state index contributed by atoms with van der Waals surface area (Å²) >= 11 is 0. The molecule has 0 bridgehead atoms. The Kier molecular flexibility index (Phi) is 6.17. The van der Waals surface area contributed by atoms with E-state index in [-0.39, 0.29) is 18.1 Å². The first-order valence-corrected chi connectivity index (χ1v) is 9.19. The number of hydrogen-bond acceptors (Lipinski definition) is 4. The van der Waals surface area contributed by atoms with E-state index in [0.717, 1.165) is 36.1 Å². The van der Waals surface area contributed by atoms with Crippen LogP contribution in [0.25, 0.3) is 11.4 Å². The average Bonchev–Trinajstić information content (AvgIpc) is 2.88. The van der Waals surface area contributed by atoms with Crippen molar-refractivity contribution in [2.24, 2.45) is 5.92 Å². The largest absolute Gasteiger partial charge is 0.372 e. The molecule has 1 atom stereocenters. The van der Waals surface area contributed by atoms with Gasteiger partial charge in [0.25, 0.3) is 5.56 Å². The van der Waals surface area contributed by atoms with Gasteiger partial charge in [0.05, 0.1) is 5.69 Å². The van der Waals surface area contributed by atoms with Crippen molar-refractivity contribution in [3.05, 3.63) is 51.9 Å². The minimum Gasteiger partial charge on any atom is -0.372 e. The number of carbonyl (C=O) groups is 1. The van der Waals surface area contributed by atoms with Gasteiger partial charge in [0.2, 0.25) is 5.91 Å². The van der Waals surface area contributed by atoms with Crippen LogP contribution < -0.4 is 10.9 Å². The Morgan fingerprint density at radius 1 is 1.27 bits per heavy atom. The molecule has 0 aliphatic heterocycles. The molecule has 3 rings (SSSR count). The van der Waals surface area contributed by atoms with Crippen molar-refractivity contribution < 1.29 is 9.53 Å². The number of ether oxygens (including phenoxy) is 1. The zero-order chi connectivity index (χ0) is 18.4. The Morgan fingerprint density at radius 2 is 2.04 bits per heavy atom. The van der Waals surface area contributed by atoms with Crippen molar-refractivity contribution in [3.63, 3.8) is 0 Å². The highest BCUT2D eigenvalue weighted by Gasteiger charge is 2.21. The van der Waals surface area contributed by atoms with Gasteiger partial charge >= 0.3 is 0 Å². The molecule has 6 heteroatoms. The van der Waals surface area contributed by atoms with E-state index in [2.05, 4.69) is 10.3 Å². The molecule has 1 heterocycles. The van der Waals surface area contributed by atoms with Gasteiger partial charge in [0, 0.05) is 24.3 Å². The molecule has 1 aromatic carbocycles. The van der Waals surface area contributed by atoms with Crippen LogP contribution in [0.5, 0.6) is 0 Å². The number of aromatic nitrogens is 2. The molecule has 1 amide bonds. The molecular weight excluding hydrogens is 330 g/mol. The van der Waals surface area contributed by atoms with E-state index in [1.54, 1.807) is 0 Å². The normalized spacial score (nSPS) is 16.6. The van der Waals surface area contributed by atoms with Crippen molar-refractivity contribution in [2.45, 2.75) is 32.6 Å². The predicted octanol–water partition coefficient (Wildman–Crippen LogP) is 2.08. The molecule has 2 aromatic rings. The van der Waals surface area contributed by atoms with E-state index < -0.39 is 0 Å². The van der Waals surface area contributed by atoms with Crippen LogP contribution >= 0.6 is 0 Å². The molecule has 0 spiro atoms.